The van der Waals surface area contributed by atoms with Gasteiger partial charge >= 0.3 is 5.97 Å². The minimum atomic E-state index is -0.343. The van der Waals surface area contributed by atoms with Crippen LogP contribution in [0.25, 0.3) is 6.08 Å². The molecule has 3 heteroatoms. The van der Waals surface area contributed by atoms with Gasteiger partial charge in [0.15, 0.2) is 0 Å². The number of aliphatic hydroxyl groups is 1. The molecule has 0 aliphatic carbocycles. The van der Waals surface area contributed by atoms with E-state index < -0.39 is 0 Å². The third kappa shape index (κ3) is 3.22. The fourth-order valence-corrected chi connectivity index (χ4v) is 1.16. The van der Waals surface area contributed by atoms with Crippen molar-refractivity contribution in [1.29, 1.82) is 0 Å². The number of aliphatic hydroxyl groups excluding tert-OH is 1. The quantitative estimate of drug-likeness (QED) is 0.768. The van der Waals surface area contributed by atoms with Crippen LogP contribution < -0.4 is 0 Å². The Kier molecular flexibility index (Phi) is 4.06. The predicted octanol–water partition coefficient (Wildman–Crippen LogP) is 1.87. The fraction of sp³-hybridized carbons (Fsp3) is 0.250. The van der Waals surface area contributed by atoms with Gasteiger partial charge in [0.25, 0.3) is 0 Å². The number of carbonyl (C=O) groups excluding carboxylic acids is 1. The first-order valence-corrected chi connectivity index (χ1v) is 4.63. The maximum Gasteiger partial charge on any atom is 0.337 e. The van der Waals surface area contributed by atoms with E-state index in [9.17, 15) is 4.79 Å². The molecule has 0 fully saturated rings. The molecule has 0 bridgehead atoms. The minimum Gasteiger partial charge on any atom is -0.465 e. The highest BCUT2D eigenvalue weighted by atomic mass is 16.5. The second-order valence-electron chi connectivity index (χ2n) is 3.26. The van der Waals surface area contributed by atoms with Gasteiger partial charge in [-0.1, -0.05) is 18.2 Å². The Morgan fingerprint density at radius 1 is 1.40 bits per heavy atom. The molecule has 0 saturated carbocycles. The minimum absolute atomic E-state index is 0.0404. The van der Waals surface area contributed by atoms with Crippen LogP contribution in [0.1, 0.15) is 22.8 Å². The number of carbonyl (C=O) groups is 1. The van der Waals surface area contributed by atoms with Crippen LogP contribution in [-0.4, -0.2) is 24.8 Å². The molecule has 0 heterocycles. The molecule has 15 heavy (non-hydrogen) atoms. The first kappa shape index (κ1) is 11.5. The van der Waals surface area contributed by atoms with E-state index in [0.29, 0.717) is 5.56 Å². The van der Waals surface area contributed by atoms with Crippen LogP contribution in [0.2, 0.25) is 0 Å². The van der Waals surface area contributed by atoms with Gasteiger partial charge in [0.1, 0.15) is 0 Å². The zero-order chi connectivity index (χ0) is 11.3. The average Bonchev–Trinajstić information content (AvgIpc) is 2.29. The van der Waals surface area contributed by atoms with Crippen molar-refractivity contribution < 1.29 is 14.6 Å². The molecule has 3 nitrogen and oxygen atoms in total. The van der Waals surface area contributed by atoms with Crippen LogP contribution in [0.15, 0.2) is 29.8 Å². The van der Waals surface area contributed by atoms with Gasteiger partial charge in [0, 0.05) is 0 Å². The fourth-order valence-electron chi connectivity index (χ4n) is 1.16. The highest BCUT2D eigenvalue weighted by Gasteiger charge is 2.03. The Bertz CT molecular complexity index is 363. The van der Waals surface area contributed by atoms with Crippen LogP contribution in [0, 0.1) is 0 Å². The summed E-state index contributed by atoms with van der Waals surface area (Å²) in [6.45, 7) is 1.88. The van der Waals surface area contributed by atoms with Crippen molar-refractivity contribution in [2.75, 3.05) is 13.7 Å². The molecule has 1 N–H and O–H groups in total. The summed E-state index contributed by atoms with van der Waals surface area (Å²) in [4.78, 5) is 11.1. The topological polar surface area (TPSA) is 46.5 Å². The van der Waals surface area contributed by atoms with Gasteiger partial charge in [-0.15, -0.1) is 0 Å². The summed E-state index contributed by atoms with van der Waals surface area (Å²) in [6.07, 6.45) is 1.86. The van der Waals surface area contributed by atoms with Gasteiger partial charge in [0.05, 0.1) is 19.3 Å². The van der Waals surface area contributed by atoms with Gasteiger partial charge in [-0.3, -0.25) is 0 Å². The van der Waals surface area contributed by atoms with Gasteiger partial charge in [-0.05, 0) is 30.2 Å². The molecule has 0 spiro atoms. The van der Waals surface area contributed by atoms with E-state index in [2.05, 4.69) is 4.74 Å². The van der Waals surface area contributed by atoms with Crippen molar-refractivity contribution in [1.82, 2.24) is 0 Å². The zero-order valence-corrected chi connectivity index (χ0v) is 8.86. The van der Waals surface area contributed by atoms with Crippen LogP contribution >= 0.6 is 0 Å². The number of methoxy groups -OCH3 is 1. The Balaban J connectivity index is 2.86. The normalized spacial score (nSPS) is 11.3. The number of hydrogen-bond acceptors (Lipinski definition) is 3. The smallest absolute Gasteiger partial charge is 0.337 e. The molecule has 0 unspecified atom stereocenters. The lowest BCUT2D eigenvalue weighted by Gasteiger charge is -2.00. The zero-order valence-electron chi connectivity index (χ0n) is 8.86. The average molecular weight is 206 g/mol. The monoisotopic (exact) mass is 206 g/mol. The number of rotatable bonds is 3. The van der Waals surface area contributed by atoms with Gasteiger partial charge in [-0.25, -0.2) is 4.79 Å². The van der Waals surface area contributed by atoms with Crippen LogP contribution in [0.3, 0.4) is 0 Å². The first-order chi connectivity index (χ1) is 7.17. The lowest BCUT2D eigenvalue weighted by molar-refractivity contribution is 0.0601. The largest absolute Gasteiger partial charge is 0.465 e. The molecule has 0 aromatic heterocycles. The van der Waals surface area contributed by atoms with Crippen molar-refractivity contribution in [3.63, 3.8) is 0 Å². The first-order valence-electron chi connectivity index (χ1n) is 4.63. The molecule has 0 aliphatic heterocycles. The van der Waals surface area contributed by atoms with Gasteiger partial charge in [0.2, 0.25) is 0 Å². The summed E-state index contributed by atoms with van der Waals surface area (Å²) in [5.41, 5.74) is 2.35. The third-order valence-electron chi connectivity index (χ3n) is 1.99. The summed E-state index contributed by atoms with van der Waals surface area (Å²) in [7, 11) is 1.35. The summed E-state index contributed by atoms with van der Waals surface area (Å²) in [6, 6.07) is 7.02. The summed E-state index contributed by atoms with van der Waals surface area (Å²) in [5.74, 6) is -0.343. The Hall–Kier alpha value is -1.61. The lowest BCUT2D eigenvalue weighted by atomic mass is 10.1. The lowest BCUT2D eigenvalue weighted by Crippen LogP contribution is -2.00. The third-order valence-corrected chi connectivity index (χ3v) is 1.99. The maximum atomic E-state index is 11.1. The van der Waals surface area contributed by atoms with Crippen molar-refractivity contribution in [2.45, 2.75) is 6.92 Å². The number of ether oxygens (including phenoxy) is 1. The highest BCUT2D eigenvalue weighted by Crippen LogP contribution is 2.09. The van der Waals surface area contributed by atoms with E-state index >= 15 is 0 Å². The van der Waals surface area contributed by atoms with E-state index in [1.165, 1.54) is 7.11 Å². The van der Waals surface area contributed by atoms with E-state index in [1.807, 2.05) is 25.1 Å². The Morgan fingerprint density at radius 3 is 2.47 bits per heavy atom. The summed E-state index contributed by atoms with van der Waals surface area (Å²) < 4.78 is 4.58. The molecule has 0 saturated heterocycles. The van der Waals surface area contributed by atoms with Crippen molar-refractivity contribution in [3.8, 4) is 0 Å². The number of benzene rings is 1. The molecular formula is C12H14O3. The van der Waals surface area contributed by atoms with E-state index in [4.69, 9.17) is 5.11 Å². The van der Waals surface area contributed by atoms with Gasteiger partial charge < -0.3 is 9.84 Å². The summed E-state index contributed by atoms with van der Waals surface area (Å²) in [5, 5.41) is 8.83. The van der Waals surface area contributed by atoms with Crippen molar-refractivity contribution in [2.24, 2.45) is 0 Å². The molecule has 80 valence electrons. The van der Waals surface area contributed by atoms with Crippen molar-refractivity contribution in [3.05, 3.63) is 41.0 Å². The highest BCUT2D eigenvalue weighted by molar-refractivity contribution is 5.89. The predicted molar refractivity (Wildman–Crippen MR) is 58.5 cm³/mol. The van der Waals surface area contributed by atoms with Gasteiger partial charge in [-0.2, -0.15) is 0 Å². The van der Waals surface area contributed by atoms with Crippen LogP contribution in [0.5, 0.6) is 0 Å². The van der Waals surface area contributed by atoms with Crippen LogP contribution in [0.4, 0.5) is 0 Å². The molecule has 1 rings (SSSR count). The molecule has 1 aromatic carbocycles. The molecule has 0 radical (unpaired) electrons. The standard InChI is InChI=1S/C12H14O3/c1-9(8-13)7-10-3-5-11(6-4-10)12(14)15-2/h3-7,13H,8H2,1-2H3. The molecule has 0 atom stereocenters. The molecular weight excluding hydrogens is 192 g/mol. The van der Waals surface area contributed by atoms with Crippen molar-refractivity contribution >= 4 is 12.0 Å². The Labute approximate surface area is 89.0 Å². The SMILES string of the molecule is COC(=O)c1ccc(C=C(C)CO)cc1. The summed E-state index contributed by atoms with van der Waals surface area (Å²) >= 11 is 0. The molecule has 0 aliphatic rings. The van der Waals surface area contributed by atoms with E-state index in [-0.39, 0.29) is 12.6 Å². The van der Waals surface area contributed by atoms with E-state index in [0.717, 1.165) is 11.1 Å². The number of hydrogen-bond donors (Lipinski definition) is 1. The molecule has 0 amide bonds. The Morgan fingerprint density at radius 2 is 2.00 bits per heavy atom. The van der Waals surface area contributed by atoms with E-state index in [1.54, 1.807) is 12.1 Å². The maximum absolute atomic E-state index is 11.1. The molecule has 1 aromatic rings. The van der Waals surface area contributed by atoms with Crippen LogP contribution in [-0.2, 0) is 4.74 Å². The second kappa shape index (κ2) is 5.32. The number of esters is 1. The second-order valence-corrected chi connectivity index (χ2v) is 3.26.